The van der Waals surface area contributed by atoms with Gasteiger partial charge in [-0.25, -0.2) is 4.99 Å². The lowest BCUT2D eigenvalue weighted by atomic mass is 9.98. The third-order valence-corrected chi connectivity index (χ3v) is 5.46. The zero-order valence-electron chi connectivity index (χ0n) is 19.4. The predicted molar refractivity (Wildman–Crippen MR) is 127 cm³/mol. The molecule has 166 valence electrons. The van der Waals surface area contributed by atoms with E-state index in [-0.39, 0.29) is 12.7 Å². The molecule has 1 aliphatic heterocycles. The van der Waals surface area contributed by atoms with Crippen molar-refractivity contribution in [1.29, 1.82) is 0 Å². The van der Waals surface area contributed by atoms with Gasteiger partial charge in [0.1, 0.15) is 11.5 Å². The van der Waals surface area contributed by atoms with Gasteiger partial charge >= 0.3 is 5.97 Å². The van der Waals surface area contributed by atoms with Gasteiger partial charge in [-0.3, -0.25) is 4.79 Å². The second-order valence-corrected chi connectivity index (χ2v) is 9.12. The van der Waals surface area contributed by atoms with Crippen molar-refractivity contribution >= 4 is 28.7 Å². The topological polar surface area (TPSA) is 68.6 Å². The van der Waals surface area contributed by atoms with Crippen molar-refractivity contribution in [2.75, 3.05) is 7.11 Å². The molecule has 1 aliphatic rings. The lowest BCUT2D eigenvalue weighted by Gasteiger charge is -2.18. The lowest BCUT2D eigenvalue weighted by molar-refractivity contribution is -0.156. The van der Waals surface area contributed by atoms with Gasteiger partial charge in [-0.1, -0.05) is 18.2 Å². The fourth-order valence-electron chi connectivity index (χ4n) is 3.75. The molecule has 1 N–H and O–H groups in total. The maximum absolute atomic E-state index is 12.4. The number of nitrogens with zero attached hydrogens (tertiary/aromatic N) is 2. The van der Waals surface area contributed by atoms with Gasteiger partial charge in [0, 0.05) is 22.9 Å². The molecule has 32 heavy (non-hydrogen) atoms. The monoisotopic (exact) mass is 431 g/mol. The van der Waals surface area contributed by atoms with Crippen LogP contribution in [0.5, 0.6) is 0 Å². The van der Waals surface area contributed by atoms with Crippen LogP contribution in [-0.4, -0.2) is 28.3 Å². The van der Waals surface area contributed by atoms with Gasteiger partial charge in [0.15, 0.2) is 6.73 Å². The van der Waals surface area contributed by atoms with E-state index in [9.17, 15) is 4.79 Å². The first-order valence-electron chi connectivity index (χ1n) is 10.7. The molecule has 0 saturated carbocycles. The fraction of sp³-hybridized carbons (Fsp3) is 0.308. The van der Waals surface area contributed by atoms with Crippen LogP contribution in [0.2, 0.25) is 0 Å². The quantitative estimate of drug-likeness (QED) is 0.542. The number of rotatable bonds is 5. The number of benzene rings is 1. The maximum Gasteiger partial charge on any atom is 0.312 e. The van der Waals surface area contributed by atoms with E-state index >= 15 is 0 Å². The Labute approximate surface area is 188 Å². The van der Waals surface area contributed by atoms with E-state index in [1.807, 2.05) is 68.7 Å². The molecule has 0 saturated heterocycles. The van der Waals surface area contributed by atoms with Gasteiger partial charge in [-0.05, 0) is 64.5 Å². The molecule has 0 amide bonds. The molecule has 6 heteroatoms. The van der Waals surface area contributed by atoms with Crippen LogP contribution in [0.4, 0.5) is 0 Å². The van der Waals surface area contributed by atoms with E-state index in [1.54, 1.807) is 7.11 Å². The Bertz CT molecular complexity index is 1280. The van der Waals surface area contributed by atoms with Crippen LogP contribution >= 0.6 is 0 Å². The Kier molecular flexibility index (Phi) is 5.55. The molecule has 0 fully saturated rings. The molecule has 2 aromatic heterocycles. The number of methoxy groups -OCH3 is 1. The Morgan fingerprint density at radius 1 is 1.19 bits per heavy atom. The SMILES string of the molecule is COC1=CC(c2cc3ccccc3n2COC(=O)C(C)(C)C)=NC1=Cc1[nH]c(C)cc1C. The molecular formula is C26H29N3O3. The van der Waals surface area contributed by atoms with Crippen molar-refractivity contribution in [2.24, 2.45) is 10.4 Å². The molecule has 0 unspecified atom stereocenters. The number of aryl methyl sites for hydroxylation is 2. The highest BCUT2D eigenvalue weighted by Gasteiger charge is 2.25. The number of carbonyl (C=O) groups excluding carboxylic acids is 1. The summed E-state index contributed by atoms with van der Waals surface area (Å²) in [7, 11) is 1.64. The highest BCUT2D eigenvalue weighted by Crippen LogP contribution is 2.29. The van der Waals surface area contributed by atoms with Crippen LogP contribution in [0.25, 0.3) is 17.0 Å². The van der Waals surface area contributed by atoms with Crippen molar-refractivity contribution in [2.45, 2.75) is 41.3 Å². The number of allylic oxidation sites excluding steroid dienone is 1. The Morgan fingerprint density at radius 3 is 2.59 bits per heavy atom. The van der Waals surface area contributed by atoms with Crippen LogP contribution < -0.4 is 0 Å². The average molecular weight is 432 g/mol. The maximum atomic E-state index is 12.4. The minimum atomic E-state index is -0.570. The molecule has 0 atom stereocenters. The first-order valence-corrected chi connectivity index (χ1v) is 10.7. The highest BCUT2D eigenvalue weighted by molar-refractivity contribution is 6.13. The Morgan fingerprint density at radius 2 is 1.94 bits per heavy atom. The van der Waals surface area contributed by atoms with Crippen molar-refractivity contribution < 1.29 is 14.3 Å². The second kappa shape index (κ2) is 8.19. The molecule has 0 spiro atoms. The third kappa shape index (κ3) is 4.13. The van der Waals surface area contributed by atoms with Crippen LogP contribution in [-0.2, 0) is 21.0 Å². The van der Waals surface area contributed by atoms with Crippen molar-refractivity contribution in [3.63, 3.8) is 0 Å². The minimum Gasteiger partial charge on any atom is -0.494 e. The third-order valence-electron chi connectivity index (χ3n) is 5.46. The van der Waals surface area contributed by atoms with Crippen molar-refractivity contribution in [1.82, 2.24) is 9.55 Å². The number of carbonyl (C=O) groups is 1. The highest BCUT2D eigenvalue weighted by atomic mass is 16.5. The summed E-state index contributed by atoms with van der Waals surface area (Å²) in [6.07, 6.45) is 3.92. The summed E-state index contributed by atoms with van der Waals surface area (Å²) >= 11 is 0. The number of esters is 1. The average Bonchev–Trinajstić information content (AvgIpc) is 3.40. The first kappa shape index (κ1) is 21.7. The summed E-state index contributed by atoms with van der Waals surface area (Å²) in [6, 6.07) is 12.2. The molecule has 0 aliphatic carbocycles. The number of nitrogens with one attached hydrogen (secondary N) is 1. The van der Waals surface area contributed by atoms with E-state index in [0.717, 1.165) is 45.0 Å². The van der Waals surface area contributed by atoms with E-state index in [4.69, 9.17) is 14.5 Å². The summed E-state index contributed by atoms with van der Waals surface area (Å²) in [6.45, 7) is 9.75. The van der Waals surface area contributed by atoms with Gasteiger partial charge in [-0.2, -0.15) is 0 Å². The number of hydrogen-bond donors (Lipinski definition) is 1. The Balaban J connectivity index is 1.76. The van der Waals surface area contributed by atoms with Crippen LogP contribution in [0.1, 0.15) is 43.4 Å². The number of aromatic nitrogens is 2. The zero-order valence-corrected chi connectivity index (χ0v) is 19.4. The van der Waals surface area contributed by atoms with Gasteiger partial charge in [0.05, 0.1) is 29.4 Å². The fourth-order valence-corrected chi connectivity index (χ4v) is 3.75. The normalized spacial score (nSPS) is 15.2. The van der Waals surface area contributed by atoms with Gasteiger partial charge in [0.25, 0.3) is 0 Å². The number of para-hydroxylation sites is 1. The molecule has 4 rings (SSSR count). The summed E-state index contributed by atoms with van der Waals surface area (Å²) in [4.78, 5) is 20.6. The van der Waals surface area contributed by atoms with Crippen molar-refractivity contribution in [3.05, 3.63) is 76.6 Å². The summed E-state index contributed by atoms with van der Waals surface area (Å²) in [5, 5.41) is 1.05. The molecule has 3 heterocycles. The second-order valence-electron chi connectivity index (χ2n) is 9.12. The number of ether oxygens (including phenoxy) is 2. The standard InChI is InChI=1S/C26H29N3O3/c1-16-11-17(2)27-19(16)13-21-24(31-6)14-20(28-21)23-12-18-9-7-8-10-22(18)29(23)15-32-25(30)26(3,4)5/h7-14,27H,15H2,1-6H3. The molecule has 0 bridgehead atoms. The summed E-state index contributed by atoms with van der Waals surface area (Å²) in [5.74, 6) is 0.441. The molecule has 3 aromatic rings. The number of hydrogen-bond acceptors (Lipinski definition) is 4. The Hall–Kier alpha value is -3.54. The van der Waals surface area contributed by atoms with Crippen LogP contribution in [0.15, 0.2) is 58.9 Å². The molecule has 1 aromatic carbocycles. The van der Waals surface area contributed by atoms with Gasteiger partial charge in [0.2, 0.25) is 0 Å². The molecular weight excluding hydrogens is 402 g/mol. The van der Waals surface area contributed by atoms with E-state index in [1.165, 1.54) is 0 Å². The number of aromatic amines is 1. The number of fused-ring (bicyclic) bond motifs is 1. The van der Waals surface area contributed by atoms with E-state index < -0.39 is 5.41 Å². The molecule has 0 radical (unpaired) electrons. The summed E-state index contributed by atoms with van der Waals surface area (Å²) < 4.78 is 13.3. The van der Waals surface area contributed by atoms with Gasteiger partial charge in [-0.15, -0.1) is 0 Å². The minimum absolute atomic E-state index is 0.113. The summed E-state index contributed by atoms with van der Waals surface area (Å²) in [5.41, 5.74) is 6.03. The largest absolute Gasteiger partial charge is 0.494 e. The van der Waals surface area contributed by atoms with Crippen LogP contribution in [0.3, 0.4) is 0 Å². The number of H-pyrrole nitrogens is 1. The van der Waals surface area contributed by atoms with Crippen molar-refractivity contribution in [3.8, 4) is 0 Å². The predicted octanol–water partition coefficient (Wildman–Crippen LogP) is 5.51. The first-order chi connectivity index (χ1) is 15.2. The van der Waals surface area contributed by atoms with E-state index in [0.29, 0.717) is 5.76 Å². The van der Waals surface area contributed by atoms with Gasteiger partial charge < -0.3 is 19.0 Å². The lowest BCUT2D eigenvalue weighted by Crippen LogP contribution is -2.24. The van der Waals surface area contributed by atoms with Crippen LogP contribution in [0, 0.1) is 19.3 Å². The van der Waals surface area contributed by atoms with E-state index in [2.05, 4.69) is 24.0 Å². The number of aliphatic imine (C=N–C) groups is 1. The zero-order chi connectivity index (χ0) is 23.0. The smallest absolute Gasteiger partial charge is 0.312 e. The molecule has 6 nitrogen and oxygen atoms in total.